The molecule has 7 rings (SSSR count). The molecule has 186 valence electrons. The van der Waals surface area contributed by atoms with Crippen LogP contribution in [0.2, 0.25) is 0 Å². The second-order valence-corrected chi connectivity index (χ2v) is 10.6. The summed E-state index contributed by atoms with van der Waals surface area (Å²) in [6, 6.07) is 9.28. The molecule has 0 spiro atoms. The summed E-state index contributed by atoms with van der Waals surface area (Å²) in [5, 5.41) is 11.5. The van der Waals surface area contributed by atoms with Crippen LogP contribution in [-0.2, 0) is 13.6 Å². The van der Waals surface area contributed by atoms with E-state index in [0.29, 0.717) is 35.7 Å². The summed E-state index contributed by atoms with van der Waals surface area (Å²) in [5.41, 5.74) is 10.3. The standard InChI is InChI=1S/C27H30N6O3/c1-31-23-18(30-26(31)19-9-15-4-3-7-29-25(15)32(19)12-14-5-6-14)8-16(11-21(23)36-2)27(35)33-13-17-10-20(34)24(33)22(17)28/h3-4,7-9,11,14,17,20,22,24,34H,5-6,10,12-13,28H2,1-2H3/t17?,20-,22+,24?/m0/s1. The highest BCUT2D eigenvalue weighted by molar-refractivity contribution is 6.00. The van der Waals surface area contributed by atoms with Crippen LogP contribution in [0.1, 0.15) is 29.6 Å². The first-order chi connectivity index (χ1) is 17.4. The van der Waals surface area contributed by atoms with E-state index in [0.717, 1.165) is 34.6 Å². The van der Waals surface area contributed by atoms with Crippen LogP contribution in [0.25, 0.3) is 33.6 Å². The van der Waals surface area contributed by atoms with E-state index in [1.165, 1.54) is 12.8 Å². The van der Waals surface area contributed by atoms with Gasteiger partial charge in [0.05, 0.1) is 30.5 Å². The number of aliphatic hydroxyl groups is 1. The van der Waals surface area contributed by atoms with Gasteiger partial charge in [-0.15, -0.1) is 0 Å². The van der Waals surface area contributed by atoms with Gasteiger partial charge in [0.15, 0.2) is 5.82 Å². The lowest BCUT2D eigenvalue weighted by atomic mass is 10.1. The van der Waals surface area contributed by atoms with Gasteiger partial charge in [0, 0.05) is 43.3 Å². The molecule has 3 fully saturated rings. The Labute approximate surface area is 208 Å². The van der Waals surface area contributed by atoms with Gasteiger partial charge < -0.3 is 29.6 Å². The predicted octanol–water partition coefficient (Wildman–Crippen LogP) is 2.54. The molecule has 4 heterocycles. The molecule has 3 N–H and O–H groups in total. The number of aliphatic hydroxyl groups excluding tert-OH is 1. The maximum Gasteiger partial charge on any atom is 0.254 e. The van der Waals surface area contributed by atoms with E-state index in [1.807, 2.05) is 29.9 Å². The highest BCUT2D eigenvalue weighted by Gasteiger charge is 2.52. The predicted molar refractivity (Wildman–Crippen MR) is 136 cm³/mol. The molecule has 2 bridgehead atoms. The average molecular weight is 487 g/mol. The Morgan fingerprint density at radius 3 is 2.83 bits per heavy atom. The number of aromatic nitrogens is 4. The van der Waals surface area contributed by atoms with Gasteiger partial charge in [-0.05, 0) is 61.4 Å². The van der Waals surface area contributed by atoms with Gasteiger partial charge in [-0.3, -0.25) is 4.79 Å². The zero-order valence-electron chi connectivity index (χ0n) is 20.5. The second-order valence-electron chi connectivity index (χ2n) is 10.6. The minimum absolute atomic E-state index is 0.142. The molecule has 3 aromatic heterocycles. The summed E-state index contributed by atoms with van der Waals surface area (Å²) in [6.07, 6.45) is 4.40. The Bertz CT molecular complexity index is 1520. The molecule has 4 atom stereocenters. The first-order valence-corrected chi connectivity index (χ1v) is 12.7. The van der Waals surface area contributed by atoms with E-state index < -0.39 is 6.10 Å². The zero-order valence-corrected chi connectivity index (χ0v) is 20.5. The number of carbonyl (C=O) groups is 1. The number of hydrogen-bond acceptors (Lipinski definition) is 6. The highest BCUT2D eigenvalue weighted by Crippen LogP contribution is 2.40. The van der Waals surface area contributed by atoms with Crippen LogP contribution in [0.15, 0.2) is 36.5 Å². The number of rotatable bonds is 5. The van der Waals surface area contributed by atoms with E-state index in [1.54, 1.807) is 18.1 Å². The van der Waals surface area contributed by atoms with E-state index in [9.17, 15) is 9.90 Å². The summed E-state index contributed by atoms with van der Waals surface area (Å²) < 4.78 is 10.1. The number of nitrogens with zero attached hydrogens (tertiary/aromatic N) is 5. The second kappa shape index (κ2) is 7.78. The van der Waals surface area contributed by atoms with Crippen LogP contribution in [0.3, 0.4) is 0 Å². The molecule has 9 nitrogen and oxygen atoms in total. The lowest BCUT2D eigenvalue weighted by Crippen LogP contribution is -2.48. The lowest BCUT2D eigenvalue weighted by Gasteiger charge is -2.30. The quantitative estimate of drug-likeness (QED) is 0.449. The SMILES string of the molecule is COc1cc(C(=O)N2CC3C[C@H](O)C2[C@@H]3N)cc2nc(-c3cc4cccnc4n3CC3CC3)n(C)c12. The number of nitrogens with two attached hydrogens (primary N) is 1. The van der Waals surface area contributed by atoms with Crippen molar-refractivity contribution < 1.29 is 14.6 Å². The summed E-state index contributed by atoms with van der Waals surface area (Å²) >= 11 is 0. The van der Waals surface area contributed by atoms with E-state index in [-0.39, 0.29) is 23.9 Å². The number of hydrogen-bond donors (Lipinski definition) is 2. The number of piperidine rings is 1. The van der Waals surface area contributed by atoms with E-state index in [2.05, 4.69) is 21.7 Å². The number of carbonyl (C=O) groups excluding carboxylic acids is 1. The van der Waals surface area contributed by atoms with Crippen molar-refractivity contribution in [3.8, 4) is 17.3 Å². The van der Waals surface area contributed by atoms with Crippen molar-refractivity contribution >= 4 is 28.0 Å². The third-order valence-electron chi connectivity index (χ3n) is 8.35. The summed E-state index contributed by atoms with van der Waals surface area (Å²) in [4.78, 5) is 25.0. The molecule has 0 radical (unpaired) electrons. The van der Waals surface area contributed by atoms with Crippen LogP contribution in [0.4, 0.5) is 0 Å². The van der Waals surface area contributed by atoms with Gasteiger partial charge >= 0.3 is 0 Å². The topological polar surface area (TPSA) is 111 Å². The van der Waals surface area contributed by atoms with Crippen molar-refractivity contribution in [1.82, 2.24) is 24.0 Å². The molecule has 2 aliphatic carbocycles. The molecular formula is C27H30N6O3. The van der Waals surface area contributed by atoms with Crippen LogP contribution in [0.5, 0.6) is 5.75 Å². The van der Waals surface area contributed by atoms with Crippen LogP contribution in [-0.4, -0.2) is 66.9 Å². The maximum atomic E-state index is 13.6. The normalized spacial score (nSPS) is 25.4. The van der Waals surface area contributed by atoms with Crippen molar-refractivity contribution in [2.24, 2.45) is 24.6 Å². The Balaban J connectivity index is 1.34. The molecule has 3 aliphatic rings. The molecule has 36 heavy (non-hydrogen) atoms. The van der Waals surface area contributed by atoms with Gasteiger partial charge in [-0.1, -0.05) is 0 Å². The van der Waals surface area contributed by atoms with Crippen LogP contribution < -0.4 is 10.5 Å². The van der Waals surface area contributed by atoms with Crippen molar-refractivity contribution in [2.75, 3.05) is 13.7 Å². The van der Waals surface area contributed by atoms with Gasteiger partial charge in [0.1, 0.15) is 16.9 Å². The summed E-state index contributed by atoms with van der Waals surface area (Å²) in [5.74, 6) is 2.07. The number of methoxy groups -OCH3 is 1. The van der Waals surface area contributed by atoms with Gasteiger partial charge in [-0.25, -0.2) is 9.97 Å². The van der Waals surface area contributed by atoms with Crippen LogP contribution >= 0.6 is 0 Å². The third-order valence-corrected chi connectivity index (χ3v) is 8.35. The molecule has 9 heteroatoms. The summed E-state index contributed by atoms with van der Waals surface area (Å²) in [6.45, 7) is 1.49. The van der Waals surface area contributed by atoms with E-state index >= 15 is 0 Å². The average Bonchev–Trinajstić information content (AvgIpc) is 3.32. The number of likely N-dealkylation sites (tertiary alicyclic amines) is 1. The fraction of sp³-hybridized carbons (Fsp3) is 0.444. The fourth-order valence-corrected chi connectivity index (χ4v) is 6.35. The number of benzene rings is 1. The van der Waals surface area contributed by atoms with Crippen molar-refractivity contribution in [3.63, 3.8) is 0 Å². The van der Waals surface area contributed by atoms with Gasteiger partial charge in [0.2, 0.25) is 0 Å². The van der Waals surface area contributed by atoms with Crippen molar-refractivity contribution in [1.29, 1.82) is 0 Å². The Kier molecular flexibility index (Phi) is 4.72. The molecule has 4 aromatic rings. The molecule has 2 saturated carbocycles. The number of fused-ring (bicyclic) bond motifs is 4. The Morgan fingerprint density at radius 2 is 2.11 bits per heavy atom. The van der Waals surface area contributed by atoms with Gasteiger partial charge in [0.25, 0.3) is 5.91 Å². The number of amides is 1. The minimum atomic E-state index is -0.572. The van der Waals surface area contributed by atoms with Crippen LogP contribution in [0, 0.1) is 11.8 Å². The Morgan fingerprint density at radius 1 is 1.28 bits per heavy atom. The number of ether oxygens (including phenoxy) is 1. The van der Waals surface area contributed by atoms with Crippen molar-refractivity contribution in [3.05, 3.63) is 42.1 Å². The number of pyridine rings is 1. The number of imidazole rings is 1. The highest BCUT2D eigenvalue weighted by atomic mass is 16.5. The molecular weight excluding hydrogens is 456 g/mol. The third kappa shape index (κ3) is 3.12. The largest absolute Gasteiger partial charge is 0.494 e. The van der Waals surface area contributed by atoms with E-state index in [4.69, 9.17) is 15.5 Å². The molecule has 1 amide bonds. The fourth-order valence-electron chi connectivity index (χ4n) is 6.35. The molecule has 2 unspecified atom stereocenters. The zero-order chi connectivity index (χ0) is 24.7. The first-order valence-electron chi connectivity index (χ1n) is 12.7. The minimum Gasteiger partial charge on any atom is -0.494 e. The summed E-state index contributed by atoms with van der Waals surface area (Å²) in [7, 11) is 3.59. The monoisotopic (exact) mass is 486 g/mol. The number of aryl methyl sites for hydroxylation is 1. The molecule has 1 aromatic carbocycles. The maximum absolute atomic E-state index is 13.6. The Hall–Kier alpha value is -3.43. The lowest BCUT2D eigenvalue weighted by molar-refractivity contribution is 0.0394. The first kappa shape index (κ1) is 21.8. The smallest absolute Gasteiger partial charge is 0.254 e. The molecule has 1 aliphatic heterocycles. The van der Waals surface area contributed by atoms with Gasteiger partial charge in [-0.2, -0.15) is 0 Å². The molecule has 1 saturated heterocycles. The van der Waals surface area contributed by atoms with Crippen molar-refractivity contribution in [2.45, 2.75) is 44.0 Å².